The van der Waals surface area contributed by atoms with Crippen LogP contribution >= 0.6 is 0 Å². The van der Waals surface area contributed by atoms with E-state index in [0.29, 0.717) is 11.4 Å². The molecular formula is C36H36CoN9O10. The van der Waals surface area contributed by atoms with Crippen molar-refractivity contribution in [2.24, 2.45) is 26.2 Å². The number of hydrogen-bond acceptors (Lipinski definition) is 15. The Kier molecular flexibility index (Phi) is 20.4. The van der Waals surface area contributed by atoms with Crippen LogP contribution in [0.25, 0.3) is 0 Å². The molecule has 0 radical (unpaired) electrons. The molecule has 0 atom stereocenters. The first-order chi connectivity index (χ1) is 26.2. The van der Waals surface area contributed by atoms with E-state index >= 15 is 0 Å². The SMILES string of the molecule is CC([O-])=C(N=Nc1cc([N+](=O)[O-])ccc1[O-])C(=O)Nc1ccccc1.CC([O-])=C(N=Nc1cc([N+](=O)[O-])ccc1[O-])C(=O)Nc1ccccc1.CCCCN.[Co+3].[H+]. The molecule has 2 amide bonds. The second-order valence-corrected chi connectivity index (χ2v) is 10.8. The summed E-state index contributed by atoms with van der Waals surface area (Å²) in [6, 6.07) is 22.5. The molecule has 0 unspecified atom stereocenters. The van der Waals surface area contributed by atoms with E-state index in [9.17, 15) is 50.2 Å². The zero-order valence-corrected chi connectivity index (χ0v) is 31.1. The molecule has 19 nitrogen and oxygen atoms in total. The van der Waals surface area contributed by atoms with Crippen LogP contribution in [0, 0.1) is 20.2 Å². The van der Waals surface area contributed by atoms with Crippen molar-refractivity contribution in [3.8, 4) is 11.5 Å². The maximum absolute atomic E-state index is 12.1. The molecule has 0 aromatic heterocycles. The molecule has 20 heteroatoms. The van der Waals surface area contributed by atoms with Crippen molar-refractivity contribution in [1.82, 2.24) is 0 Å². The van der Waals surface area contributed by atoms with Crippen LogP contribution in [-0.4, -0.2) is 28.2 Å². The van der Waals surface area contributed by atoms with Gasteiger partial charge >= 0.3 is 18.2 Å². The Morgan fingerprint density at radius 2 is 1.04 bits per heavy atom. The van der Waals surface area contributed by atoms with Crippen molar-refractivity contribution in [3.63, 3.8) is 0 Å². The van der Waals surface area contributed by atoms with Crippen molar-refractivity contribution in [2.45, 2.75) is 33.6 Å². The summed E-state index contributed by atoms with van der Waals surface area (Å²) >= 11 is 0. The van der Waals surface area contributed by atoms with Crippen LogP contribution in [0.2, 0.25) is 0 Å². The summed E-state index contributed by atoms with van der Waals surface area (Å²) in [5, 5.41) is 87.0. The molecule has 0 aliphatic carbocycles. The first kappa shape index (κ1) is 47.0. The minimum atomic E-state index is -0.805. The summed E-state index contributed by atoms with van der Waals surface area (Å²) in [6.45, 7) is 5.21. The molecule has 0 saturated heterocycles. The summed E-state index contributed by atoms with van der Waals surface area (Å²) in [5.74, 6) is -4.20. The number of unbranched alkanes of at least 4 members (excludes halogenated alkanes) is 1. The smallest absolute Gasteiger partial charge is 0.874 e. The van der Waals surface area contributed by atoms with Gasteiger partial charge in [0.05, 0.1) is 21.2 Å². The van der Waals surface area contributed by atoms with Gasteiger partial charge in [-0.25, -0.2) is 0 Å². The number of azo groups is 2. The number of nitrogens with zero attached hydrogens (tertiary/aromatic N) is 6. The third kappa shape index (κ3) is 15.9. The van der Waals surface area contributed by atoms with Crippen molar-refractivity contribution < 1.29 is 58.1 Å². The van der Waals surface area contributed by atoms with Crippen molar-refractivity contribution in [3.05, 3.63) is 140 Å². The number of amides is 2. The minimum absolute atomic E-state index is 0. The molecule has 0 saturated carbocycles. The predicted octanol–water partition coefficient (Wildman–Crippen LogP) is 4.82. The number of hydrogen-bond donors (Lipinski definition) is 3. The zero-order chi connectivity index (χ0) is 40.9. The van der Waals surface area contributed by atoms with E-state index in [2.05, 4.69) is 38.0 Å². The maximum Gasteiger partial charge on any atom is 3.00 e. The number of allylic oxidation sites excluding steroid dienone is 2. The topological polar surface area (TPSA) is 312 Å². The molecule has 294 valence electrons. The van der Waals surface area contributed by atoms with Gasteiger partial charge in [-0.15, -0.1) is 21.7 Å². The number of nitro groups is 2. The molecule has 0 heterocycles. The summed E-state index contributed by atoms with van der Waals surface area (Å²) in [4.78, 5) is 44.3. The first-order valence-corrected chi connectivity index (χ1v) is 16.1. The molecule has 4 aromatic rings. The van der Waals surface area contributed by atoms with Crippen LogP contribution in [0.15, 0.2) is 140 Å². The zero-order valence-electron chi connectivity index (χ0n) is 31.0. The minimum Gasteiger partial charge on any atom is -0.874 e. The van der Waals surface area contributed by atoms with Gasteiger partial charge in [-0.1, -0.05) is 87.2 Å². The van der Waals surface area contributed by atoms with Gasteiger partial charge in [0.2, 0.25) is 0 Å². The quantitative estimate of drug-likeness (QED) is 0.0572. The average Bonchev–Trinajstić information content (AvgIpc) is 3.14. The van der Waals surface area contributed by atoms with Crippen LogP contribution in [0.5, 0.6) is 11.5 Å². The van der Waals surface area contributed by atoms with Gasteiger partial charge in [-0.05, 0) is 37.2 Å². The Labute approximate surface area is 332 Å². The molecule has 0 spiro atoms. The third-order valence-corrected chi connectivity index (χ3v) is 6.54. The first-order valence-electron chi connectivity index (χ1n) is 16.1. The van der Waals surface area contributed by atoms with Gasteiger partial charge < -0.3 is 36.8 Å². The van der Waals surface area contributed by atoms with Crippen LogP contribution in [0.1, 0.15) is 35.0 Å². The van der Waals surface area contributed by atoms with Crippen LogP contribution in [0.3, 0.4) is 0 Å². The summed E-state index contributed by atoms with van der Waals surface area (Å²) in [5.41, 5.74) is 3.56. The van der Waals surface area contributed by atoms with E-state index in [-0.39, 0.29) is 41.0 Å². The fourth-order valence-electron chi connectivity index (χ4n) is 3.78. The molecule has 56 heavy (non-hydrogen) atoms. The Morgan fingerprint density at radius 1 is 0.679 bits per heavy atom. The molecule has 0 bridgehead atoms. The predicted molar refractivity (Wildman–Crippen MR) is 195 cm³/mol. The van der Waals surface area contributed by atoms with Crippen molar-refractivity contribution in [1.29, 1.82) is 0 Å². The molecule has 0 aliphatic rings. The number of para-hydroxylation sites is 2. The normalized spacial score (nSPS) is 11.4. The second kappa shape index (κ2) is 24.3. The number of carbonyl (C=O) groups excluding carboxylic acids is 2. The molecule has 4 aromatic carbocycles. The average molecular weight is 814 g/mol. The van der Waals surface area contributed by atoms with Crippen LogP contribution in [0.4, 0.5) is 34.1 Å². The molecule has 4 N–H and O–H groups in total. The number of rotatable bonds is 12. The van der Waals surface area contributed by atoms with Crippen LogP contribution < -0.4 is 36.8 Å². The molecule has 0 fully saturated rings. The number of nitrogens with two attached hydrogens (primary N) is 1. The van der Waals surface area contributed by atoms with Gasteiger partial charge in [0.15, 0.2) is 0 Å². The van der Waals surface area contributed by atoms with E-state index < -0.39 is 56.1 Å². The van der Waals surface area contributed by atoms with Crippen molar-refractivity contribution in [2.75, 3.05) is 17.2 Å². The summed E-state index contributed by atoms with van der Waals surface area (Å²) < 4.78 is 0. The number of anilines is 2. The van der Waals surface area contributed by atoms with Crippen LogP contribution in [-0.2, 0) is 26.4 Å². The summed E-state index contributed by atoms with van der Waals surface area (Å²) in [7, 11) is 0. The second-order valence-electron chi connectivity index (χ2n) is 10.8. The fourth-order valence-corrected chi connectivity index (χ4v) is 3.78. The maximum atomic E-state index is 12.1. The van der Waals surface area contributed by atoms with Gasteiger partial charge in [-0.2, -0.15) is 10.2 Å². The van der Waals surface area contributed by atoms with E-state index in [1.54, 1.807) is 60.7 Å². The van der Waals surface area contributed by atoms with E-state index in [0.717, 1.165) is 56.8 Å². The Balaban J connectivity index is 0.000000953. The monoisotopic (exact) mass is 813 g/mol. The third-order valence-electron chi connectivity index (χ3n) is 6.54. The van der Waals surface area contributed by atoms with E-state index in [1.807, 2.05) is 0 Å². The number of nitrogens with one attached hydrogen (secondary N) is 2. The summed E-state index contributed by atoms with van der Waals surface area (Å²) in [6.07, 6.45) is 2.39. The largest absolute Gasteiger partial charge is 3.00 e. The van der Waals surface area contributed by atoms with E-state index in [1.165, 1.54) is 12.8 Å². The van der Waals surface area contributed by atoms with Gasteiger partial charge in [0.25, 0.3) is 23.2 Å². The number of nitro benzene ring substituents is 2. The fraction of sp³-hybridized carbons (Fsp3) is 0.167. The van der Waals surface area contributed by atoms with Gasteiger partial charge in [0.1, 0.15) is 11.4 Å². The van der Waals surface area contributed by atoms with Gasteiger partial charge in [0, 0.05) is 35.6 Å². The van der Waals surface area contributed by atoms with Crippen molar-refractivity contribution >= 4 is 45.9 Å². The Morgan fingerprint density at radius 3 is 1.30 bits per heavy atom. The number of non-ortho nitro benzene ring substituents is 2. The molecule has 4 rings (SSSR count). The molecular weight excluding hydrogens is 777 g/mol. The molecule has 0 aliphatic heterocycles. The van der Waals surface area contributed by atoms with Gasteiger partial charge in [-0.3, -0.25) is 29.8 Å². The Bertz CT molecular complexity index is 1930. The Hall–Kier alpha value is -7.03. The number of carbonyl (C=O) groups is 2. The standard InChI is InChI=1S/2C16H14N4O5.C4H11N.Co/c2*1-10(21)15(16(23)17-11-5-3-2-4-6-11)19-18-13-9-12(20(24)25)7-8-14(13)22;1-2-3-4-5;/h2*2-9,21-22H,1H3,(H,17,23);2-5H2,1H3;/q;;;+3/p-3. The van der Waals surface area contributed by atoms with E-state index in [4.69, 9.17) is 5.73 Å². The number of benzene rings is 4.